The Labute approximate surface area is 104 Å². The van der Waals surface area contributed by atoms with Crippen LogP contribution in [0.25, 0.3) is 0 Å². The van der Waals surface area contributed by atoms with Crippen LogP contribution in [0.1, 0.15) is 44.9 Å². The first-order valence-electron chi connectivity index (χ1n) is 6.37. The fourth-order valence-corrected chi connectivity index (χ4v) is 2.65. The molecule has 0 aromatic carbocycles. The van der Waals surface area contributed by atoms with Crippen LogP contribution in [0.15, 0.2) is 0 Å². The highest BCUT2D eigenvalue weighted by Crippen LogP contribution is 2.23. The first-order valence-corrected chi connectivity index (χ1v) is 6.37. The molecular formula is C12H23ClN2O. The van der Waals surface area contributed by atoms with E-state index < -0.39 is 0 Å². The molecule has 1 saturated heterocycles. The minimum absolute atomic E-state index is 0. The van der Waals surface area contributed by atoms with Crippen molar-refractivity contribution in [2.75, 3.05) is 13.1 Å². The van der Waals surface area contributed by atoms with Crippen LogP contribution in [0.4, 0.5) is 0 Å². The van der Waals surface area contributed by atoms with Gasteiger partial charge in [-0.15, -0.1) is 12.4 Å². The molecule has 0 unspecified atom stereocenters. The Bertz CT molecular complexity index is 211. The summed E-state index contributed by atoms with van der Waals surface area (Å²) in [5, 5.41) is 6.53. The topological polar surface area (TPSA) is 41.1 Å². The normalized spacial score (nSPS) is 23.5. The summed E-state index contributed by atoms with van der Waals surface area (Å²) in [7, 11) is 0. The Hall–Kier alpha value is -0.280. The second kappa shape index (κ2) is 7.13. The highest BCUT2D eigenvalue weighted by Gasteiger charge is 2.23. The number of carbonyl (C=O) groups excluding carboxylic acids is 1. The van der Waals surface area contributed by atoms with Gasteiger partial charge in [0.15, 0.2) is 0 Å². The quantitative estimate of drug-likeness (QED) is 0.781. The van der Waals surface area contributed by atoms with E-state index >= 15 is 0 Å². The second-order valence-electron chi connectivity index (χ2n) is 4.87. The molecule has 0 aromatic heterocycles. The van der Waals surface area contributed by atoms with Gasteiger partial charge in [-0.3, -0.25) is 4.79 Å². The molecule has 1 saturated carbocycles. The molecule has 1 aliphatic carbocycles. The fraction of sp³-hybridized carbons (Fsp3) is 0.917. The smallest absolute Gasteiger partial charge is 0.223 e. The third-order valence-electron chi connectivity index (χ3n) is 3.66. The zero-order valence-electron chi connectivity index (χ0n) is 9.84. The summed E-state index contributed by atoms with van der Waals surface area (Å²) in [6.45, 7) is 2.10. The standard InChI is InChI=1S/C12H22N2O.ClH/c15-12(10-4-2-1-3-5-10)14-11-6-8-13-9-7-11;/h10-11,13H,1-9H2,(H,14,15);1H. The fourth-order valence-electron chi connectivity index (χ4n) is 2.65. The van der Waals surface area contributed by atoms with Crippen LogP contribution in [0, 0.1) is 5.92 Å². The van der Waals surface area contributed by atoms with Crippen molar-refractivity contribution in [3.63, 3.8) is 0 Å². The largest absolute Gasteiger partial charge is 0.353 e. The molecule has 2 N–H and O–H groups in total. The number of hydrogen-bond donors (Lipinski definition) is 2. The number of nitrogens with one attached hydrogen (secondary N) is 2. The van der Waals surface area contributed by atoms with E-state index in [2.05, 4.69) is 10.6 Å². The minimum atomic E-state index is 0. The van der Waals surface area contributed by atoms with Crippen LogP contribution in [0.5, 0.6) is 0 Å². The van der Waals surface area contributed by atoms with E-state index in [9.17, 15) is 4.79 Å². The van der Waals surface area contributed by atoms with Crippen LogP contribution in [-0.4, -0.2) is 25.0 Å². The Morgan fingerprint density at radius 3 is 2.25 bits per heavy atom. The van der Waals surface area contributed by atoms with Gasteiger partial charge in [-0.2, -0.15) is 0 Å². The summed E-state index contributed by atoms with van der Waals surface area (Å²) in [6.07, 6.45) is 8.20. The molecule has 2 rings (SSSR count). The molecule has 0 spiro atoms. The lowest BCUT2D eigenvalue weighted by Crippen LogP contribution is -2.45. The van der Waals surface area contributed by atoms with Gasteiger partial charge in [0, 0.05) is 12.0 Å². The van der Waals surface area contributed by atoms with Crippen molar-refractivity contribution in [1.29, 1.82) is 0 Å². The number of rotatable bonds is 2. The molecule has 2 fully saturated rings. The van der Waals surface area contributed by atoms with Crippen molar-refractivity contribution < 1.29 is 4.79 Å². The monoisotopic (exact) mass is 246 g/mol. The maximum Gasteiger partial charge on any atom is 0.223 e. The van der Waals surface area contributed by atoms with E-state index in [4.69, 9.17) is 0 Å². The number of halogens is 1. The lowest BCUT2D eigenvalue weighted by molar-refractivity contribution is -0.126. The van der Waals surface area contributed by atoms with Gasteiger partial charge in [0.25, 0.3) is 0 Å². The summed E-state index contributed by atoms with van der Waals surface area (Å²) in [5.74, 6) is 0.634. The van der Waals surface area contributed by atoms with Gasteiger partial charge in [0.05, 0.1) is 0 Å². The zero-order valence-corrected chi connectivity index (χ0v) is 10.7. The molecule has 2 aliphatic rings. The summed E-state index contributed by atoms with van der Waals surface area (Å²) in [6, 6.07) is 0.431. The molecule has 1 heterocycles. The molecule has 94 valence electrons. The van der Waals surface area contributed by atoms with Crippen LogP contribution in [-0.2, 0) is 4.79 Å². The molecule has 0 atom stereocenters. The predicted octanol–water partition coefficient (Wildman–Crippen LogP) is 1.86. The number of piperidine rings is 1. The van der Waals surface area contributed by atoms with Gasteiger partial charge in [0.2, 0.25) is 5.91 Å². The first-order chi connectivity index (χ1) is 7.36. The van der Waals surface area contributed by atoms with E-state index in [1.807, 2.05) is 0 Å². The SMILES string of the molecule is Cl.O=C(NC1CCNCC1)C1CCCCC1. The van der Waals surface area contributed by atoms with Crippen LogP contribution >= 0.6 is 12.4 Å². The van der Waals surface area contributed by atoms with Gasteiger partial charge in [-0.25, -0.2) is 0 Å². The van der Waals surface area contributed by atoms with Crippen molar-refractivity contribution >= 4 is 18.3 Å². The van der Waals surface area contributed by atoms with Crippen LogP contribution in [0.3, 0.4) is 0 Å². The van der Waals surface area contributed by atoms with E-state index in [1.54, 1.807) is 0 Å². The molecule has 4 heteroatoms. The lowest BCUT2D eigenvalue weighted by Gasteiger charge is -2.27. The van der Waals surface area contributed by atoms with Crippen LogP contribution in [0.2, 0.25) is 0 Å². The first kappa shape index (κ1) is 13.8. The molecule has 0 radical (unpaired) electrons. The maximum atomic E-state index is 11.9. The van der Waals surface area contributed by atoms with Crippen LogP contribution < -0.4 is 10.6 Å². The summed E-state index contributed by atoms with van der Waals surface area (Å²) < 4.78 is 0. The average molecular weight is 247 g/mol. The van der Waals surface area contributed by atoms with Crippen molar-refractivity contribution in [1.82, 2.24) is 10.6 Å². The zero-order chi connectivity index (χ0) is 10.5. The lowest BCUT2D eigenvalue weighted by atomic mass is 9.88. The summed E-state index contributed by atoms with van der Waals surface area (Å²) >= 11 is 0. The molecule has 1 aliphatic heterocycles. The van der Waals surface area contributed by atoms with Crippen molar-refractivity contribution in [2.45, 2.75) is 51.0 Å². The molecule has 3 nitrogen and oxygen atoms in total. The molecule has 16 heavy (non-hydrogen) atoms. The van der Waals surface area contributed by atoms with E-state index in [0.29, 0.717) is 17.9 Å². The van der Waals surface area contributed by atoms with Gasteiger partial charge >= 0.3 is 0 Å². The number of amides is 1. The number of hydrogen-bond acceptors (Lipinski definition) is 2. The highest BCUT2D eigenvalue weighted by molar-refractivity contribution is 5.85. The third-order valence-corrected chi connectivity index (χ3v) is 3.66. The molecule has 0 aromatic rings. The Kier molecular flexibility index (Phi) is 6.14. The van der Waals surface area contributed by atoms with E-state index in [-0.39, 0.29) is 12.4 Å². The van der Waals surface area contributed by atoms with Crippen molar-refractivity contribution in [3.05, 3.63) is 0 Å². The maximum absolute atomic E-state index is 11.9. The summed E-state index contributed by atoms with van der Waals surface area (Å²) in [4.78, 5) is 11.9. The van der Waals surface area contributed by atoms with Gasteiger partial charge in [-0.05, 0) is 38.8 Å². The van der Waals surface area contributed by atoms with Gasteiger partial charge in [0.1, 0.15) is 0 Å². The van der Waals surface area contributed by atoms with Crippen molar-refractivity contribution in [2.24, 2.45) is 5.92 Å². The van der Waals surface area contributed by atoms with E-state index in [0.717, 1.165) is 38.8 Å². The van der Waals surface area contributed by atoms with Gasteiger partial charge in [-0.1, -0.05) is 19.3 Å². The molecular weight excluding hydrogens is 224 g/mol. The van der Waals surface area contributed by atoms with Gasteiger partial charge < -0.3 is 10.6 Å². The Balaban J connectivity index is 0.00000128. The Morgan fingerprint density at radius 2 is 1.62 bits per heavy atom. The number of carbonyl (C=O) groups is 1. The minimum Gasteiger partial charge on any atom is -0.353 e. The summed E-state index contributed by atoms with van der Waals surface area (Å²) in [5.41, 5.74) is 0. The highest BCUT2D eigenvalue weighted by atomic mass is 35.5. The molecule has 1 amide bonds. The predicted molar refractivity (Wildman–Crippen MR) is 67.9 cm³/mol. The third kappa shape index (κ3) is 3.95. The average Bonchev–Trinajstić information content (AvgIpc) is 2.31. The Morgan fingerprint density at radius 1 is 1.00 bits per heavy atom. The molecule has 0 bridgehead atoms. The van der Waals surface area contributed by atoms with Crippen molar-refractivity contribution in [3.8, 4) is 0 Å². The van der Waals surface area contributed by atoms with E-state index in [1.165, 1.54) is 19.3 Å². The second-order valence-corrected chi connectivity index (χ2v) is 4.87.